The van der Waals surface area contributed by atoms with E-state index in [4.69, 9.17) is 0 Å². The second-order valence-corrected chi connectivity index (χ2v) is 3.73. The zero-order valence-electron chi connectivity index (χ0n) is 7.10. The summed E-state index contributed by atoms with van der Waals surface area (Å²) >= 11 is 1.47. The van der Waals surface area contributed by atoms with Crippen LogP contribution in [0.5, 0.6) is 0 Å². The molecule has 13 heavy (non-hydrogen) atoms. The summed E-state index contributed by atoms with van der Waals surface area (Å²) in [6.07, 6.45) is 0. The van der Waals surface area contributed by atoms with E-state index < -0.39 is 12.0 Å². The van der Waals surface area contributed by atoms with Gasteiger partial charge in [-0.05, 0) is 12.1 Å². The van der Waals surface area contributed by atoms with E-state index in [1.807, 2.05) is 30.3 Å². The van der Waals surface area contributed by atoms with Gasteiger partial charge in [0, 0.05) is 4.90 Å². The van der Waals surface area contributed by atoms with E-state index in [1.165, 1.54) is 11.8 Å². The molecule has 0 radical (unpaired) electrons. The van der Waals surface area contributed by atoms with Crippen molar-refractivity contribution >= 4 is 17.7 Å². The standard InChI is InChI=1S/C9H11NO2S/c10-8(9(11)12)6-13-7-4-2-1-3-5-7/h1-5,8H,6,10H2,(H,11,12)/t8-/m1/s1. The number of thioether (sulfide) groups is 1. The van der Waals surface area contributed by atoms with Gasteiger partial charge in [-0.1, -0.05) is 18.2 Å². The van der Waals surface area contributed by atoms with E-state index in [0.29, 0.717) is 5.75 Å². The maximum atomic E-state index is 10.3. The van der Waals surface area contributed by atoms with E-state index in [2.05, 4.69) is 5.73 Å². The van der Waals surface area contributed by atoms with Gasteiger partial charge < -0.3 is 15.6 Å². The van der Waals surface area contributed by atoms with Crippen molar-refractivity contribution in [1.29, 1.82) is 0 Å². The molecule has 0 aliphatic rings. The van der Waals surface area contributed by atoms with E-state index in [1.54, 1.807) is 0 Å². The van der Waals surface area contributed by atoms with Gasteiger partial charge in [0.2, 0.25) is 0 Å². The van der Waals surface area contributed by atoms with Gasteiger partial charge in [0.1, 0.15) is 6.04 Å². The van der Waals surface area contributed by atoms with Gasteiger partial charge in [-0.25, -0.2) is 0 Å². The summed E-state index contributed by atoms with van der Waals surface area (Å²) < 4.78 is 0. The van der Waals surface area contributed by atoms with Crippen molar-refractivity contribution in [3.8, 4) is 0 Å². The van der Waals surface area contributed by atoms with Crippen molar-refractivity contribution in [2.75, 3.05) is 5.75 Å². The van der Waals surface area contributed by atoms with Crippen LogP contribution in [0, 0.1) is 0 Å². The smallest absolute Gasteiger partial charge is 0.134 e. The fourth-order valence-electron chi connectivity index (χ4n) is 0.782. The molecule has 0 amide bonds. The van der Waals surface area contributed by atoms with Gasteiger partial charge >= 0.3 is 0 Å². The van der Waals surface area contributed by atoms with Crippen LogP contribution in [0.2, 0.25) is 0 Å². The van der Waals surface area contributed by atoms with Crippen LogP contribution < -0.4 is 10.8 Å². The topological polar surface area (TPSA) is 67.8 Å². The second kappa shape index (κ2) is 4.89. The number of aliphatic carboxylic acids is 1. The zero-order chi connectivity index (χ0) is 9.68. The summed E-state index contributed by atoms with van der Waals surface area (Å²) in [4.78, 5) is 11.4. The molecule has 1 aromatic carbocycles. The molecule has 0 aliphatic heterocycles. The summed E-state index contributed by atoms with van der Waals surface area (Å²) in [7, 11) is 0. The fraction of sp³-hybridized carbons (Fsp3) is 0.222. The number of carbonyl (C=O) groups is 1. The number of carbonyl (C=O) groups excluding carboxylic acids is 1. The van der Waals surface area contributed by atoms with Gasteiger partial charge in [-0.15, -0.1) is 11.8 Å². The Kier molecular flexibility index (Phi) is 3.79. The molecule has 4 heteroatoms. The highest BCUT2D eigenvalue weighted by molar-refractivity contribution is 7.99. The number of carboxylic acids is 1. The lowest BCUT2D eigenvalue weighted by Crippen LogP contribution is -2.69. The molecule has 1 aromatic rings. The number of hydrogen-bond acceptors (Lipinski definition) is 3. The second-order valence-electron chi connectivity index (χ2n) is 2.64. The third-order valence-electron chi connectivity index (χ3n) is 1.53. The molecule has 0 fully saturated rings. The van der Waals surface area contributed by atoms with Crippen molar-refractivity contribution in [2.45, 2.75) is 10.9 Å². The monoisotopic (exact) mass is 197 g/mol. The molecule has 70 valence electrons. The minimum absolute atomic E-state index is 0.451. The SMILES string of the molecule is [NH3+][C@H](CSc1ccccc1)C(=O)[O-]. The Morgan fingerprint density at radius 3 is 2.62 bits per heavy atom. The summed E-state index contributed by atoms with van der Waals surface area (Å²) in [6.45, 7) is 0. The number of rotatable bonds is 4. The molecule has 0 aliphatic carbocycles. The normalized spacial score (nSPS) is 12.4. The predicted molar refractivity (Wildman–Crippen MR) is 48.8 cm³/mol. The quantitative estimate of drug-likeness (QED) is 0.639. The Bertz CT molecular complexity index is 276. The van der Waals surface area contributed by atoms with Gasteiger partial charge in [0.05, 0.1) is 11.7 Å². The molecule has 3 nitrogen and oxygen atoms in total. The van der Waals surface area contributed by atoms with Crippen molar-refractivity contribution < 1.29 is 15.6 Å². The van der Waals surface area contributed by atoms with Crippen LogP contribution in [-0.2, 0) is 4.79 Å². The van der Waals surface area contributed by atoms with Crippen LogP contribution in [0.4, 0.5) is 0 Å². The van der Waals surface area contributed by atoms with Crippen molar-refractivity contribution in [2.24, 2.45) is 0 Å². The lowest BCUT2D eigenvalue weighted by molar-refractivity contribution is -0.431. The maximum absolute atomic E-state index is 10.3. The summed E-state index contributed by atoms with van der Waals surface area (Å²) in [6, 6.07) is 8.98. The molecule has 1 rings (SSSR count). The van der Waals surface area contributed by atoms with Crippen LogP contribution in [0.15, 0.2) is 35.2 Å². The zero-order valence-corrected chi connectivity index (χ0v) is 7.92. The first-order valence-electron chi connectivity index (χ1n) is 3.92. The van der Waals surface area contributed by atoms with Gasteiger partial charge in [0.15, 0.2) is 0 Å². The Labute approximate surface area is 80.9 Å². The van der Waals surface area contributed by atoms with Crippen LogP contribution in [0.3, 0.4) is 0 Å². The largest absolute Gasteiger partial charge is 0.544 e. The Hall–Kier alpha value is -1.00. The van der Waals surface area contributed by atoms with Gasteiger partial charge in [-0.3, -0.25) is 0 Å². The minimum atomic E-state index is -1.09. The lowest BCUT2D eigenvalue weighted by atomic mass is 10.4. The molecule has 0 aromatic heterocycles. The molecule has 0 unspecified atom stereocenters. The van der Waals surface area contributed by atoms with Crippen molar-refractivity contribution in [3.63, 3.8) is 0 Å². The fourth-order valence-corrected chi connectivity index (χ4v) is 1.66. The molecule has 0 bridgehead atoms. The lowest BCUT2D eigenvalue weighted by Gasteiger charge is -2.08. The molecular weight excluding hydrogens is 186 g/mol. The van der Waals surface area contributed by atoms with Crippen LogP contribution in [0.25, 0.3) is 0 Å². The van der Waals surface area contributed by atoms with Gasteiger partial charge in [0.25, 0.3) is 0 Å². The number of carboxylic acid groups (broad SMARTS) is 1. The Morgan fingerprint density at radius 2 is 2.08 bits per heavy atom. The molecule has 0 saturated carbocycles. The number of quaternary nitrogens is 1. The first-order chi connectivity index (χ1) is 6.20. The van der Waals surface area contributed by atoms with E-state index in [9.17, 15) is 9.90 Å². The summed E-state index contributed by atoms with van der Waals surface area (Å²) in [5.41, 5.74) is 3.47. The first kappa shape index (κ1) is 10.1. The van der Waals surface area contributed by atoms with Crippen LogP contribution in [-0.4, -0.2) is 17.8 Å². The molecule has 0 heterocycles. The first-order valence-corrected chi connectivity index (χ1v) is 4.90. The molecule has 3 N–H and O–H groups in total. The van der Waals surface area contributed by atoms with E-state index >= 15 is 0 Å². The minimum Gasteiger partial charge on any atom is -0.544 e. The predicted octanol–water partition coefficient (Wildman–Crippen LogP) is -0.861. The highest BCUT2D eigenvalue weighted by Gasteiger charge is 2.06. The van der Waals surface area contributed by atoms with Crippen LogP contribution >= 0.6 is 11.8 Å². The highest BCUT2D eigenvalue weighted by atomic mass is 32.2. The molecule has 1 atom stereocenters. The summed E-state index contributed by atoms with van der Waals surface area (Å²) in [5.74, 6) is -0.643. The molecule has 0 spiro atoms. The highest BCUT2D eigenvalue weighted by Crippen LogP contribution is 2.16. The van der Waals surface area contributed by atoms with Crippen molar-refractivity contribution in [3.05, 3.63) is 30.3 Å². The number of hydrogen-bond donors (Lipinski definition) is 1. The van der Waals surface area contributed by atoms with Gasteiger partial charge in [-0.2, -0.15) is 0 Å². The third kappa shape index (κ3) is 3.48. The Balaban J connectivity index is 2.39. The van der Waals surface area contributed by atoms with E-state index in [0.717, 1.165) is 4.90 Å². The van der Waals surface area contributed by atoms with Crippen molar-refractivity contribution in [1.82, 2.24) is 0 Å². The molecule has 0 saturated heterocycles. The number of benzene rings is 1. The third-order valence-corrected chi connectivity index (χ3v) is 2.70. The summed E-state index contributed by atoms with van der Waals surface area (Å²) in [5, 5.41) is 10.3. The van der Waals surface area contributed by atoms with Crippen LogP contribution in [0.1, 0.15) is 0 Å². The van der Waals surface area contributed by atoms with E-state index in [-0.39, 0.29) is 0 Å². The average Bonchev–Trinajstić information content (AvgIpc) is 2.15. The average molecular weight is 197 g/mol. The maximum Gasteiger partial charge on any atom is 0.134 e. The Morgan fingerprint density at radius 1 is 1.46 bits per heavy atom. The molecular formula is C9H11NO2S.